The van der Waals surface area contributed by atoms with Gasteiger partial charge in [-0.25, -0.2) is 0 Å². The summed E-state index contributed by atoms with van der Waals surface area (Å²) in [6.45, 7) is 8.43. The van der Waals surface area contributed by atoms with Crippen molar-refractivity contribution in [2.75, 3.05) is 0 Å². The molecule has 1 rings (SSSR count). The molecule has 0 aliphatic carbocycles. The minimum Gasteiger partial charge on any atom is 0 e. The maximum atomic E-state index is 5.79. The summed E-state index contributed by atoms with van der Waals surface area (Å²) in [6, 6.07) is 0. The molecule has 0 bridgehead atoms. The second-order valence-electron chi connectivity index (χ2n) is 4.53. The van der Waals surface area contributed by atoms with Gasteiger partial charge in [-0.3, -0.25) is 0 Å². The Kier molecular flexibility index (Phi) is 13.0. The third-order valence-electron chi connectivity index (χ3n) is 2.61. The molecule has 4 atom stereocenters. The van der Waals surface area contributed by atoms with Crippen molar-refractivity contribution in [3.8, 4) is 0 Å². The molecule has 0 spiro atoms. The van der Waals surface area contributed by atoms with Gasteiger partial charge in [0.1, 0.15) is 0 Å². The number of hydrogen-bond donors (Lipinski definition) is 0. The molecule has 94 valence electrons. The van der Waals surface area contributed by atoms with Gasteiger partial charge in [0.25, 0.3) is 0 Å². The Morgan fingerprint density at radius 3 is 1.65 bits per heavy atom. The van der Waals surface area contributed by atoms with Gasteiger partial charge < -0.3 is 0 Å². The third-order valence-corrected chi connectivity index (χ3v) is 12.6. The Labute approximate surface area is 151 Å². The molecule has 0 aromatic rings. The smallest absolute Gasteiger partial charge is 0 e. The van der Waals surface area contributed by atoms with E-state index in [1.807, 2.05) is 0 Å². The van der Waals surface area contributed by atoms with E-state index in [0.717, 1.165) is 12.8 Å². The van der Waals surface area contributed by atoms with E-state index < -0.39 is 50.3 Å². The first-order valence-electron chi connectivity index (χ1n) is 5.93. The van der Waals surface area contributed by atoms with E-state index in [2.05, 4.69) is 27.7 Å². The van der Waals surface area contributed by atoms with Crippen LogP contribution in [0.2, 0.25) is 0 Å². The molecule has 1 heterocycles. The second-order valence-corrected chi connectivity index (χ2v) is 10.9. The Morgan fingerprint density at radius 2 is 1.24 bits per heavy atom. The zero-order chi connectivity index (χ0) is 12.0. The fourth-order valence-corrected chi connectivity index (χ4v) is 7.43. The molecular formula is C10H21O4Tl3. The van der Waals surface area contributed by atoms with Gasteiger partial charge in [-0.15, -0.1) is 0 Å². The molecule has 0 N–H and O–H groups in total. The zero-order valence-electron chi connectivity index (χ0n) is 11.2. The van der Waals surface area contributed by atoms with Crippen molar-refractivity contribution < 1.29 is 10.7 Å². The van der Waals surface area contributed by atoms with Crippen LogP contribution in [-0.2, 0) is 10.7 Å². The van der Waals surface area contributed by atoms with E-state index in [-0.39, 0.29) is 51.7 Å². The molecule has 1 radical (unpaired) electrons. The first-order valence-corrected chi connectivity index (χ1v) is 14.1. The van der Waals surface area contributed by atoms with Crippen molar-refractivity contribution in [3.05, 3.63) is 0 Å². The molecule has 1 saturated heterocycles. The van der Waals surface area contributed by atoms with Gasteiger partial charge in [0, 0.05) is 27.3 Å². The Hall–Kier alpha value is 2.61. The van der Waals surface area contributed by atoms with Crippen LogP contribution in [0.4, 0.5) is 0 Å². The Bertz CT molecular complexity index is 160. The summed E-state index contributed by atoms with van der Waals surface area (Å²) >= 11 is -3.03. The van der Waals surface area contributed by atoms with E-state index in [9.17, 15) is 0 Å². The molecule has 1 aliphatic heterocycles. The fraction of sp³-hybridized carbons (Fsp3) is 1.00. The summed E-state index contributed by atoms with van der Waals surface area (Å²) in [5.74, 6) is 0. The van der Waals surface area contributed by atoms with Crippen LogP contribution in [0.3, 0.4) is 0 Å². The molecule has 4 unspecified atom stereocenters. The SMILES string of the molecule is CC1CC(C)[O][TlH][O]C(C)CC(C)[O][Tl][O]1.[Tl]. The summed E-state index contributed by atoms with van der Waals surface area (Å²) < 4.78 is 23.1. The maximum Gasteiger partial charge on any atom is 0 e. The molecule has 0 aromatic heterocycles. The minimum atomic E-state index is -1.58. The first kappa shape index (κ1) is 19.6. The quantitative estimate of drug-likeness (QED) is 0.340. The Morgan fingerprint density at radius 1 is 0.824 bits per heavy atom. The van der Waals surface area contributed by atoms with Crippen molar-refractivity contribution in [1.82, 2.24) is 0 Å². The fourth-order valence-electron chi connectivity index (χ4n) is 1.68. The van der Waals surface area contributed by atoms with Gasteiger partial charge in [0.2, 0.25) is 0 Å². The van der Waals surface area contributed by atoms with Crippen LogP contribution in [0.25, 0.3) is 0 Å². The number of hydrogen-bond acceptors (Lipinski definition) is 4. The standard InChI is InChI=1S/2C5H10O2.3Tl.H/c2*1-4(6)3-5(2)7;;;;/h2*4-5H,3H2,1-2H3;;;;/q2*-2;;2*+2;. The topological polar surface area (TPSA) is 36.9 Å². The molecular weight excluding hydrogens is 797 g/mol. The van der Waals surface area contributed by atoms with Gasteiger partial charge in [-0.05, 0) is 0 Å². The summed E-state index contributed by atoms with van der Waals surface area (Å²) in [6.07, 6.45) is 3.06. The molecule has 1 aliphatic rings. The first-order chi connectivity index (χ1) is 7.58. The molecule has 4 nitrogen and oxygen atoms in total. The predicted octanol–water partition coefficient (Wildman–Crippen LogP) is 0.820. The van der Waals surface area contributed by atoms with Gasteiger partial charge >= 0.3 is 126 Å². The van der Waals surface area contributed by atoms with Crippen molar-refractivity contribution in [3.63, 3.8) is 0 Å². The third kappa shape index (κ3) is 10.0. The summed E-state index contributed by atoms with van der Waals surface area (Å²) in [5, 5.41) is 0. The predicted molar refractivity (Wildman–Crippen MR) is 70.1 cm³/mol. The van der Waals surface area contributed by atoms with Gasteiger partial charge in [-0.2, -0.15) is 0 Å². The molecule has 1 fully saturated rings. The monoisotopic (exact) mass is 820 g/mol. The van der Waals surface area contributed by atoms with Crippen LogP contribution >= 0.6 is 0 Å². The van der Waals surface area contributed by atoms with Gasteiger partial charge in [-0.1, -0.05) is 0 Å². The summed E-state index contributed by atoms with van der Waals surface area (Å²) in [5.41, 5.74) is 0. The van der Waals surface area contributed by atoms with E-state index in [0.29, 0.717) is 0 Å². The maximum absolute atomic E-state index is 5.79. The van der Waals surface area contributed by atoms with Crippen LogP contribution in [0, 0.1) is 0 Å². The normalized spacial score (nSPS) is 36.0. The largest absolute Gasteiger partial charge is 0 e. The van der Waals surface area contributed by atoms with Gasteiger partial charge in [0.05, 0.1) is 0 Å². The average molecular weight is 818 g/mol. The van der Waals surface area contributed by atoms with Gasteiger partial charge in [0.15, 0.2) is 0 Å². The summed E-state index contributed by atoms with van der Waals surface area (Å²) in [7, 11) is 0. The van der Waals surface area contributed by atoms with Crippen molar-refractivity contribution >= 4 is 77.6 Å². The Balaban J connectivity index is 0.00000256. The summed E-state index contributed by atoms with van der Waals surface area (Å²) in [4.78, 5) is 0. The van der Waals surface area contributed by atoms with E-state index in [1.165, 1.54) is 0 Å². The minimum absolute atomic E-state index is 0. The number of rotatable bonds is 0. The van der Waals surface area contributed by atoms with Crippen molar-refractivity contribution in [2.24, 2.45) is 0 Å². The van der Waals surface area contributed by atoms with Crippen molar-refractivity contribution in [2.45, 2.75) is 65.0 Å². The molecule has 0 aromatic carbocycles. The molecule has 7 heteroatoms. The van der Waals surface area contributed by atoms with Crippen molar-refractivity contribution in [1.29, 1.82) is 0 Å². The molecule has 0 saturated carbocycles. The van der Waals surface area contributed by atoms with Crippen LogP contribution in [0.5, 0.6) is 0 Å². The molecule has 17 heavy (non-hydrogen) atoms. The van der Waals surface area contributed by atoms with E-state index in [1.54, 1.807) is 0 Å². The van der Waals surface area contributed by atoms with E-state index >= 15 is 0 Å². The molecule has 0 amide bonds. The zero-order valence-corrected chi connectivity index (χ0v) is 25.7. The second kappa shape index (κ2) is 11.3. The van der Waals surface area contributed by atoms with Crippen LogP contribution in [-0.4, -0.2) is 102 Å². The van der Waals surface area contributed by atoms with Crippen LogP contribution in [0.15, 0.2) is 0 Å². The van der Waals surface area contributed by atoms with Crippen LogP contribution < -0.4 is 0 Å². The average Bonchev–Trinajstić information content (AvgIpc) is 2.15. The van der Waals surface area contributed by atoms with E-state index in [4.69, 9.17) is 10.7 Å². The van der Waals surface area contributed by atoms with Crippen LogP contribution in [0.1, 0.15) is 40.5 Å².